The van der Waals surface area contributed by atoms with Crippen molar-refractivity contribution in [2.45, 2.75) is 25.4 Å². The minimum absolute atomic E-state index is 0.0834. The van der Waals surface area contributed by atoms with Gasteiger partial charge in [-0.1, -0.05) is 6.08 Å². The zero-order valence-electron chi connectivity index (χ0n) is 10.6. The minimum atomic E-state index is -0.0834. The lowest BCUT2D eigenvalue weighted by Gasteiger charge is -2.29. The van der Waals surface area contributed by atoms with Crippen molar-refractivity contribution in [1.29, 1.82) is 0 Å². The van der Waals surface area contributed by atoms with Gasteiger partial charge in [-0.2, -0.15) is 0 Å². The summed E-state index contributed by atoms with van der Waals surface area (Å²) in [6.07, 6.45) is 2.80. The number of nitrogens with one attached hydrogen (secondary N) is 1. The molecule has 1 amide bonds. The topological polar surface area (TPSA) is 35.6 Å². The number of amides is 1. The number of hydrogen-bond acceptors (Lipinski definition) is 3. The normalized spacial score (nSPS) is 27.0. The average molecular weight is 225 g/mol. The molecule has 2 unspecified atom stereocenters. The van der Waals surface area contributed by atoms with Gasteiger partial charge in [0.05, 0.1) is 6.04 Å². The second kappa shape index (κ2) is 6.01. The van der Waals surface area contributed by atoms with E-state index in [0.717, 1.165) is 19.5 Å². The Morgan fingerprint density at radius 3 is 2.88 bits per heavy atom. The van der Waals surface area contributed by atoms with Crippen molar-refractivity contribution in [3.63, 3.8) is 0 Å². The van der Waals surface area contributed by atoms with Crippen molar-refractivity contribution in [2.24, 2.45) is 0 Å². The maximum atomic E-state index is 12.3. The van der Waals surface area contributed by atoms with Gasteiger partial charge < -0.3 is 15.1 Å². The van der Waals surface area contributed by atoms with Gasteiger partial charge in [-0.05, 0) is 34.0 Å². The van der Waals surface area contributed by atoms with E-state index in [4.69, 9.17) is 0 Å². The number of carbonyl (C=O) groups is 1. The molecule has 1 fully saturated rings. The van der Waals surface area contributed by atoms with E-state index in [2.05, 4.69) is 18.8 Å². The Morgan fingerprint density at radius 2 is 2.31 bits per heavy atom. The zero-order chi connectivity index (χ0) is 12.1. The molecule has 1 rings (SSSR count). The first-order valence-electron chi connectivity index (χ1n) is 5.85. The Hall–Kier alpha value is -0.870. The summed E-state index contributed by atoms with van der Waals surface area (Å²) in [5.41, 5.74) is 0. The minimum Gasteiger partial charge on any atom is -0.335 e. The molecule has 0 radical (unpaired) electrons. The fourth-order valence-electron chi connectivity index (χ4n) is 2.04. The fraction of sp³-hybridized carbons (Fsp3) is 0.750. The van der Waals surface area contributed by atoms with Crippen LogP contribution in [0.15, 0.2) is 12.7 Å². The van der Waals surface area contributed by atoms with Gasteiger partial charge >= 0.3 is 0 Å². The second-order valence-electron chi connectivity index (χ2n) is 4.69. The average Bonchev–Trinajstić information content (AvgIpc) is 2.32. The predicted molar refractivity (Wildman–Crippen MR) is 66.3 cm³/mol. The largest absolute Gasteiger partial charge is 0.335 e. The first-order valence-corrected chi connectivity index (χ1v) is 5.85. The Kier molecular flexibility index (Phi) is 4.96. The molecule has 1 aliphatic rings. The van der Waals surface area contributed by atoms with Crippen LogP contribution in [0.1, 0.15) is 13.3 Å². The molecule has 4 nitrogen and oxygen atoms in total. The molecule has 0 aliphatic carbocycles. The number of rotatable bonds is 4. The third kappa shape index (κ3) is 3.32. The summed E-state index contributed by atoms with van der Waals surface area (Å²) in [7, 11) is 3.97. The monoisotopic (exact) mass is 225 g/mol. The predicted octanol–water partition coefficient (Wildman–Crippen LogP) is 0.313. The van der Waals surface area contributed by atoms with Crippen molar-refractivity contribution < 1.29 is 4.79 Å². The lowest BCUT2D eigenvalue weighted by atomic mass is 10.2. The van der Waals surface area contributed by atoms with E-state index < -0.39 is 0 Å². The van der Waals surface area contributed by atoms with Crippen molar-refractivity contribution in [2.75, 3.05) is 33.7 Å². The zero-order valence-corrected chi connectivity index (χ0v) is 10.6. The van der Waals surface area contributed by atoms with Crippen LogP contribution in [0.4, 0.5) is 0 Å². The molecular formula is C12H23N3O. The van der Waals surface area contributed by atoms with Gasteiger partial charge in [0.15, 0.2) is 0 Å². The Balaban J connectivity index is 2.73. The van der Waals surface area contributed by atoms with Gasteiger partial charge in [0.2, 0.25) is 5.91 Å². The summed E-state index contributed by atoms with van der Waals surface area (Å²) in [5.74, 6) is 0.193. The van der Waals surface area contributed by atoms with Crippen molar-refractivity contribution >= 4 is 5.91 Å². The van der Waals surface area contributed by atoms with Gasteiger partial charge in [-0.25, -0.2) is 0 Å². The van der Waals surface area contributed by atoms with Crippen LogP contribution in [0.3, 0.4) is 0 Å². The van der Waals surface area contributed by atoms with Crippen molar-refractivity contribution in [3.05, 3.63) is 12.7 Å². The van der Waals surface area contributed by atoms with Crippen molar-refractivity contribution in [3.8, 4) is 0 Å². The Morgan fingerprint density at radius 1 is 1.62 bits per heavy atom. The van der Waals surface area contributed by atoms with E-state index in [-0.39, 0.29) is 11.9 Å². The molecule has 0 aromatic heterocycles. The lowest BCUT2D eigenvalue weighted by molar-refractivity contribution is -0.134. The van der Waals surface area contributed by atoms with Crippen LogP contribution in [-0.2, 0) is 4.79 Å². The van der Waals surface area contributed by atoms with Crippen LogP contribution < -0.4 is 5.32 Å². The highest BCUT2D eigenvalue weighted by atomic mass is 16.2. The maximum Gasteiger partial charge on any atom is 0.241 e. The summed E-state index contributed by atoms with van der Waals surface area (Å²) >= 11 is 0. The number of hydrogen-bond donors (Lipinski definition) is 1. The summed E-state index contributed by atoms with van der Waals surface area (Å²) in [6.45, 7) is 8.11. The SMILES string of the molecule is C=CCN1C(=O)C(CN(C)C)NCCC1C. The van der Waals surface area contributed by atoms with Gasteiger partial charge in [0.25, 0.3) is 0 Å². The van der Waals surface area contributed by atoms with Crippen LogP contribution in [0.5, 0.6) is 0 Å². The van der Waals surface area contributed by atoms with Crippen LogP contribution >= 0.6 is 0 Å². The fourth-order valence-corrected chi connectivity index (χ4v) is 2.04. The van der Waals surface area contributed by atoms with Gasteiger partial charge in [0, 0.05) is 19.1 Å². The molecule has 0 bridgehead atoms. The van der Waals surface area contributed by atoms with E-state index in [9.17, 15) is 4.79 Å². The third-order valence-corrected chi connectivity index (χ3v) is 2.94. The van der Waals surface area contributed by atoms with Crippen molar-refractivity contribution in [1.82, 2.24) is 15.1 Å². The molecule has 4 heteroatoms. The van der Waals surface area contributed by atoms with Crippen LogP contribution in [0, 0.1) is 0 Å². The van der Waals surface area contributed by atoms with E-state index in [1.54, 1.807) is 6.08 Å². The first kappa shape index (κ1) is 13.2. The summed E-state index contributed by atoms with van der Waals surface area (Å²) in [4.78, 5) is 16.2. The molecular weight excluding hydrogens is 202 g/mol. The lowest BCUT2D eigenvalue weighted by Crippen LogP contribution is -2.50. The molecule has 1 N–H and O–H groups in total. The molecule has 1 saturated heterocycles. The summed E-state index contributed by atoms with van der Waals surface area (Å²) in [5, 5.41) is 3.31. The Bertz CT molecular complexity index is 253. The molecule has 92 valence electrons. The molecule has 1 heterocycles. The highest BCUT2D eigenvalue weighted by molar-refractivity contribution is 5.82. The first-order chi connectivity index (χ1) is 7.56. The molecule has 0 saturated carbocycles. The molecule has 0 spiro atoms. The molecule has 0 aromatic rings. The number of carbonyl (C=O) groups excluding carboxylic acids is 1. The molecule has 2 atom stereocenters. The highest BCUT2D eigenvalue weighted by Crippen LogP contribution is 2.10. The van der Waals surface area contributed by atoms with Gasteiger partial charge in [0.1, 0.15) is 0 Å². The van der Waals surface area contributed by atoms with E-state index >= 15 is 0 Å². The maximum absolute atomic E-state index is 12.3. The van der Waals surface area contributed by atoms with E-state index in [0.29, 0.717) is 12.6 Å². The number of nitrogens with zero attached hydrogens (tertiary/aromatic N) is 2. The smallest absolute Gasteiger partial charge is 0.241 e. The quantitative estimate of drug-likeness (QED) is 0.700. The summed E-state index contributed by atoms with van der Waals surface area (Å²) in [6, 6.07) is 0.213. The molecule has 16 heavy (non-hydrogen) atoms. The van der Waals surface area contributed by atoms with Crippen LogP contribution in [0.25, 0.3) is 0 Å². The van der Waals surface area contributed by atoms with Gasteiger partial charge in [-0.3, -0.25) is 4.79 Å². The van der Waals surface area contributed by atoms with Crippen LogP contribution in [0.2, 0.25) is 0 Å². The molecule has 1 aliphatic heterocycles. The van der Waals surface area contributed by atoms with Gasteiger partial charge in [-0.15, -0.1) is 6.58 Å². The highest BCUT2D eigenvalue weighted by Gasteiger charge is 2.29. The molecule has 0 aromatic carbocycles. The van der Waals surface area contributed by atoms with E-state index in [1.165, 1.54) is 0 Å². The van der Waals surface area contributed by atoms with E-state index in [1.807, 2.05) is 23.9 Å². The Labute approximate surface area is 98.3 Å². The standard InChI is InChI=1S/C12H23N3O/c1-5-8-15-10(2)6-7-13-11(12(15)16)9-14(3)4/h5,10-11,13H,1,6-9H2,2-4H3. The summed E-state index contributed by atoms with van der Waals surface area (Å²) < 4.78 is 0. The number of likely N-dealkylation sites (N-methyl/N-ethyl adjacent to an activating group) is 1. The third-order valence-electron chi connectivity index (χ3n) is 2.94. The second-order valence-corrected chi connectivity index (χ2v) is 4.69. The van der Waals surface area contributed by atoms with Crippen LogP contribution in [-0.4, -0.2) is 61.5 Å².